The molecule has 222 valence electrons. The van der Waals surface area contributed by atoms with E-state index in [1.54, 1.807) is 48.3 Å². The molecule has 0 unspecified atom stereocenters. The minimum Gasteiger partial charge on any atom is -0.481 e. The van der Waals surface area contributed by atoms with E-state index in [2.05, 4.69) is 0 Å². The van der Waals surface area contributed by atoms with Gasteiger partial charge in [0.15, 0.2) is 0 Å². The van der Waals surface area contributed by atoms with Gasteiger partial charge in [0.2, 0.25) is 5.91 Å². The Morgan fingerprint density at radius 2 is 1.55 bits per heavy atom. The van der Waals surface area contributed by atoms with Gasteiger partial charge >= 0.3 is 5.97 Å². The van der Waals surface area contributed by atoms with Gasteiger partial charge in [-0.1, -0.05) is 72.9 Å². The monoisotopic (exact) mass is 614 g/mol. The number of aliphatic carboxylic acids is 1. The Morgan fingerprint density at radius 1 is 0.976 bits per heavy atom. The first-order valence-corrected chi connectivity index (χ1v) is 14.5. The molecular weight excluding hydrogens is 582 g/mol. The van der Waals surface area contributed by atoms with Crippen molar-refractivity contribution in [2.24, 2.45) is 0 Å². The third-order valence-corrected chi connectivity index (χ3v) is 7.90. The lowest BCUT2D eigenvalue weighted by Gasteiger charge is -2.48. The second-order valence-electron chi connectivity index (χ2n) is 10.4. The molecule has 7 nitrogen and oxygen atoms in total. The average Bonchev–Trinajstić information content (AvgIpc) is 2.97. The molecule has 1 heterocycles. The highest BCUT2D eigenvalue weighted by atomic mass is 35.5. The van der Waals surface area contributed by atoms with Gasteiger partial charge in [-0.05, 0) is 59.5 Å². The van der Waals surface area contributed by atoms with E-state index < -0.39 is 36.1 Å². The lowest BCUT2D eigenvalue weighted by atomic mass is 9.88. The van der Waals surface area contributed by atoms with E-state index in [9.17, 15) is 23.9 Å². The number of hydrogen-bond donors (Lipinski definition) is 1. The zero-order chi connectivity index (χ0) is 30.4. The molecule has 0 radical (unpaired) electrons. The number of likely N-dealkylation sites (N-methyl/N-ethyl adjacent to an activating group) is 1. The molecule has 1 fully saturated rings. The molecule has 0 aromatic heterocycles. The molecule has 1 aliphatic rings. The molecule has 0 saturated carbocycles. The van der Waals surface area contributed by atoms with Crippen molar-refractivity contribution in [1.82, 2.24) is 9.80 Å². The maximum atomic E-state index is 14.4. The molecule has 42 heavy (non-hydrogen) atoms. The van der Waals surface area contributed by atoms with Crippen molar-refractivity contribution < 1.29 is 28.6 Å². The molecule has 3 aromatic carbocycles. The van der Waals surface area contributed by atoms with Gasteiger partial charge in [0.1, 0.15) is 24.1 Å². The number of rotatable bonds is 11. The fourth-order valence-corrected chi connectivity index (χ4v) is 5.52. The predicted molar refractivity (Wildman–Crippen MR) is 159 cm³/mol. The maximum absolute atomic E-state index is 14.4. The first kappa shape index (κ1) is 31.5. The van der Waals surface area contributed by atoms with Gasteiger partial charge in [-0.3, -0.25) is 14.4 Å². The summed E-state index contributed by atoms with van der Waals surface area (Å²) in [6.07, 6.45) is -0.786. The average molecular weight is 616 g/mol. The van der Waals surface area contributed by atoms with Crippen molar-refractivity contribution in [3.05, 3.63) is 105 Å². The van der Waals surface area contributed by atoms with E-state index >= 15 is 0 Å². The van der Waals surface area contributed by atoms with E-state index in [1.807, 2.05) is 31.2 Å². The van der Waals surface area contributed by atoms with Gasteiger partial charge in [0.25, 0.3) is 5.91 Å². The van der Waals surface area contributed by atoms with Gasteiger partial charge in [0.05, 0.1) is 12.5 Å². The minimum absolute atomic E-state index is 0.00184. The fraction of sp³-hybridized carbons (Fsp3) is 0.344. The van der Waals surface area contributed by atoms with Crippen molar-refractivity contribution in [3.63, 3.8) is 0 Å². The number of halogens is 3. The van der Waals surface area contributed by atoms with Crippen LogP contribution >= 0.6 is 23.2 Å². The largest absolute Gasteiger partial charge is 0.481 e. The number of benzene rings is 3. The normalized spacial score (nSPS) is 19.4. The Balaban J connectivity index is 1.84. The highest BCUT2D eigenvalue weighted by Crippen LogP contribution is 2.44. The Kier molecular flexibility index (Phi) is 10.6. The second kappa shape index (κ2) is 14.1. The molecule has 4 atom stereocenters. The Hall–Kier alpha value is -3.46. The number of morpholine rings is 1. The number of carboxylic acids is 1. The summed E-state index contributed by atoms with van der Waals surface area (Å²) < 4.78 is 20.2. The third kappa shape index (κ3) is 7.48. The smallest absolute Gasteiger partial charge is 0.305 e. The SMILES string of the molecule is CCC[C@H](C(=O)N(C)CCC(=O)O)N1C(=O)[C@H](Cc2ccc(F)cc2)O[C@@H](c2ccc(Cl)cc2)[C@H]1c1ccc(Cl)cc1. The number of ether oxygens (including phenoxy) is 1. The van der Waals surface area contributed by atoms with Crippen molar-refractivity contribution in [3.8, 4) is 0 Å². The highest BCUT2D eigenvalue weighted by Gasteiger charge is 2.48. The van der Waals surface area contributed by atoms with Gasteiger partial charge in [-0.25, -0.2) is 4.39 Å². The lowest BCUT2D eigenvalue weighted by Crippen LogP contribution is -2.59. The summed E-state index contributed by atoms with van der Waals surface area (Å²) in [7, 11) is 1.54. The van der Waals surface area contributed by atoms with Crippen LogP contribution in [-0.2, 0) is 25.5 Å². The van der Waals surface area contributed by atoms with Crippen LogP contribution in [-0.4, -0.2) is 58.4 Å². The van der Waals surface area contributed by atoms with E-state index in [0.29, 0.717) is 28.5 Å². The predicted octanol–water partition coefficient (Wildman–Crippen LogP) is 6.49. The van der Waals surface area contributed by atoms with Crippen LogP contribution in [0.4, 0.5) is 4.39 Å². The van der Waals surface area contributed by atoms with Crippen LogP contribution in [0.2, 0.25) is 10.0 Å². The quantitative estimate of drug-likeness (QED) is 0.267. The van der Waals surface area contributed by atoms with Gasteiger partial charge in [0, 0.05) is 30.1 Å². The molecular formula is C32H33Cl2FN2O5. The van der Waals surface area contributed by atoms with Gasteiger partial charge in [-0.15, -0.1) is 0 Å². The van der Waals surface area contributed by atoms with Crippen molar-refractivity contribution in [2.75, 3.05) is 13.6 Å². The lowest BCUT2D eigenvalue weighted by molar-refractivity contribution is -0.183. The van der Waals surface area contributed by atoms with Gasteiger partial charge in [-0.2, -0.15) is 0 Å². The Bertz CT molecular complexity index is 1390. The molecule has 0 bridgehead atoms. The number of carboxylic acid groups (broad SMARTS) is 1. The zero-order valence-corrected chi connectivity index (χ0v) is 24.9. The van der Waals surface area contributed by atoms with Crippen LogP contribution in [0.5, 0.6) is 0 Å². The van der Waals surface area contributed by atoms with E-state index in [4.69, 9.17) is 27.9 Å². The Morgan fingerprint density at radius 3 is 2.10 bits per heavy atom. The van der Waals surface area contributed by atoms with Gasteiger partial charge < -0.3 is 19.6 Å². The molecule has 10 heteroatoms. The summed E-state index contributed by atoms with van der Waals surface area (Å²) in [6, 6.07) is 18.4. The van der Waals surface area contributed by atoms with E-state index in [-0.39, 0.29) is 31.2 Å². The van der Waals surface area contributed by atoms with Crippen LogP contribution in [0.15, 0.2) is 72.8 Å². The Labute approximate surface area is 254 Å². The molecule has 1 aliphatic heterocycles. The molecule has 3 aromatic rings. The van der Waals surface area contributed by atoms with Crippen LogP contribution < -0.4 is 0 Å². The molecule has 1 N–H and O–H groups in total. The van der Waals surface area contributed by atoms with Crippen LogP contribution in [0.1, 0.15) is 55.0 Å². The summed E-state index contributed by atoms with van der Waals surface area (Å²) in [6.45, 7) is 1.92. The van der Waals surface area contributed by atoms with Crippen molar-refractivity contribution >= 4 is 41.0 Å². The number of hydrogen-bond acceptors (Lipinski definition) is 4. The third-order valence-electron chi connectivity index (χ3n) is 7.39. The maximum Gasteiger partial charge on any atom is 0.305 e. The zero-order valence-electron chi connectivity index (χ0n) is 23.4. The van der Waals surface area contributed by atoms with Crippen LogP contribution in [0.3, 0.4) is 0 Å². The van der Waals surface area contributed by atoms with E-state index in [1.165, 1.54) is 17.0 Å². The van der Waals surface area contributed by atoms with Crippen molar-refractivity contribution in [1.29, 1.82) is 0 Å². The molecule has 1 saturated heterocycles. The van der Waals surface area contributed by atoms with Crippen LogP contribution in [0.25, 0.3) is 0 Å². The van der Waals surface area contributed by atoms with Crippen molar-refractivity contribution in [2.45, 2.75) is 56.9 Å². The summed E-state index contributed by atoms with van der Waals surface area (Å²) in [5, 5.41) is 10.2. The molecule has 0 aliphatic carbocycles. The number of nitrogens with zero attached hydrogens (tertiary/aromatic N) is 2. The molecule has 0 spiro atoms. The van der Waals surface area contributed by atoms with E-state index in [0.717, 1.165) is 11.1 Å². The molecule has 2 amide bonds. The number of carbonyl (C=O) groups is 3. The fourth-order valence-electron chi connectivity index (χ4n) is 5.27. The minimum atomic E-state index is -1.02. The standard InChI is InChI=1S/C32H33Cl2FN2O5/c1-3-4-26(31(40)36(2)18-17-28(38)39)37-29(21-7-11-23(33)12-8-21)30(22-9-13-24(34)14-10-22)42-27(32(37)41)19-20-5-15-25(35)16-6-20/h5-16,26-27,29-30H,3-4,17-19H2,1-2H3,(H,38,39)/t26-,27+,29-,30+/m1/s1. The summed E-state index contributed by atoms with van der Waals surface area (Å²) in [5.74, 6) is -2.16. The summed E-state index contributed by atoms with van der Waals surface area (Å²) in [5.41, 5.74) is 2.17. The molecule has 4 rings (SSSR count). The highest BCUT2D eigenvalue weighted by molar-refractivity contribution is 6.30. The summed E-state index contributed by atoms with van der Waals surface area (Å²) >= 11 is 12.4. The first-order chi connectivity index (χ1) is 20.1. The number of amides is 2. The number of carbonyl (C=O) groups excluding carboxylic acids is 2. The topological polar surface area (TPSA) is 87.2 Å². The second-order valence-corrected chi connectivity index (χ2v) is 11.3. The summed E-state index contributed by atoms with van der Waals surface area (Å²) in [4.78, 5) is 42.5. The first-order valence-electron chi connectivity index (χ1n) is 13.8. The van der Waals surface area contributed by atoms with Crippen LogP contribution in [0, 0.1) is 5.82 Å².